The van der Waals surface area contributed by atoms with E-state index in [-0.39, 0.29) is 24.0 Å². The Labute approximate surface area is 232 Å². The van der Waals surface area contributed by atoms with E-state index >= 15 is 0 Å². The average molecular weight is 538 g/mol. The molecule has 4 aromatic rings. The Bertz CT molecular complexity index is 1610. The van der Waals surface area contributed by atoms with Crippen LogP contribution < -0.4 is 10.5 Å². The zero-order chi connectivity index (χ0) is 27.9. The number of piperidine rings is 1. The standard InChI is InChI=1S/C32H31N3O5/c1-39-31(38)35-15-12-32(13-16-35)19-28(40-27-8-3-2-5-21(27)18-29(36)37)25-17-20(9-10-26(25)32)22-6-4-7-24-23(22)11-14-34-30(24)33/h2-11,14,17,28H,12-13,15-16,18-19H2,1H3,(H2,33,34)(H,36,37). The number of methoxy groups -OCH3 is 1. The number of nitrogens with two attached hydrogens (primary N) is 1. The van der Waals surface area contributed by atoms with Crippen molar-refractivity contribution in [3.05, 3.63) is 89.6 Å². The number of amides is 1. The molecule has 3 N–H and O–H groups in total. The van der Waals surface area contributed by atoms with Gasteiger partial charge in [-0.2, -0.15) is 0 Å². The highest BCUT2D eigenvalue weighted by Crippen LogP contribution is 2.53. The maximum atomic E-state index is 12.2. The van der Waals surface area contributed by atoms with Crippen LogP contribution in [0.2, 0.25) is 0 Å². The lowest BCUT2D eigenvalue weighted by Crippen LogP contribution is -2.44. The summed E-state index contributed by atoms with van der Waals surface area (Å²) < 4.78 is 11.6. The van der Waals surface area contributed by atoms with Gasteiger partial charge in [0.05, 0.1) is 13.5 Å². The second-order valence-electron chi connectivity index (χ2n) is 10.6. The second kappa shape index (κ2) is 10.2. The third-order valence-electron chi connectivity index (χ3n) is 8.43. The van der Waals surface area contributed by atoms with E-state index in [2.05, 4.69) is 29.2 Å². The smallest absolute Gasteiger partial charge is 0.409 e. The van der Waals surface area contributed by atoms with Gasteiger partial charge in [0, 0.05) is 35.7 Å². The van der Waals surface area contributed by atoms with Gasteiger partial charge in [0.25, 0.3) is 0 Å². The first-order valence-corrected chi connectivity index (χ1v) is 13.5. The lowest BCUT2D eigenvalue weighted by molar-refractivity contribution is -0.136. The van der Waals surface area contributed by atoms with E-state index in [0.717, 1.165) is 46.7 Å². The lowest BCUT2D eigenvalue weighted by Gasteiger charge is -2.39. The maximum Gasteiger partial charge on any atom is 0.409 e. The number of likely N-dealkylation sites (tertiary alicyclic amines) is 1. The van der Waals surface area contributed by atoms with Crippen LogP contribution >= 0.6 is 0 Å². The van der Waals surface area contributed by atoms with Crippen LogP contribution in [0.3, 0.4) is 0 Å². The van der Waals surface area contributed by atoms with E-state index in [1.165, 1.54) is 12.7 Å². The summed E-state index contributed by atoms with van der Waals surface area (Å²) in [4.78, 5) is 29.7. The molecular formula is C32H31N3O5. The van der Waals surface area contributed by atoms with Crippen LogP contribution in [0.25, 0.3) is 21.9 Å². The summed E-state index contributed by atoms with van der Waals surface area (Å²) in [7, 11) is 1.41. The molecule has 1 unspecified atom stereocenters. The Balaban J connectivity index is 1.42. The number of hydrogen-bond donors (Lipinski definition) is 2. The molecule has 3 aromatic carbocycles. The molecule has 1 amide bonds. The first-order chi connectivity index (χ1) is 19.4. The SMILES string of the molecule is COC(=O)N1CCC2(CC1)CC(Oc1ccccc1CC(=O)O)c1cc(-c3cccc4c(N)nccc34)ccc12. The number of carboxylic acids is 1. The number of fused-ring (bicyclic) bond motifs is 3. The summed E-state index contributed by atoms with van der Waals surface area (Å²) in [5, 5.41) is 11.4. The average Bonchev–Trinajstić information content (AvgIpc) is 3.25. The van der Waals surface area contributed by atoms with Crippen molar-refractivity contribution in [2.75, 3.05) is 25.9 Å². The molecule has 1 aromatic heterocycles. The van der Waals surface area contributed by atoms with Crippen LogP contribution in [0.5, 0.6) is 5.75 Å². The fourth-order valence-electron chi connectivity index (χ4n) is 6.44. The number of carbonyl (C=O) groups excluding carboxylic acids is 1. The maximum absolute atomic E-state index is 12.2. The number of rotatable bonds is 5. The number of aliphatic carboxylic acids is 1. The minimum atomic E-state index is -0.901. The van der Waals surface area contributed by atoms with Gasteiger partial charge in [-0.25, -0.2) is 9.78 Å². The summed E-state index contributed by atoms with van der Waals surface area (Å²) in [5.74, 6) is 0.175. The Kier molecular flexibility index (Phi) is 6.54. The number of para-hydroxylation sites is 1. The molecule has 1 aliphatic heterocycles. The lowest BCUT2D eigenvalue weighted by atomic mass is 9.73. The van der Waals surface area contributed by atoms with Gasteiger partial charge in [0.2, 0.25) is 0 Å². The molecule has 8 nitrogen and oxygen atoms in total. The summed E-state index contributed by atoms with van der Waals surface area (Å²) in [5.41, 5.74) is 11.1. The highest BCUT2D eigenvalue weighted by molar-refractivity contribution is 6.01. The van der Waals surface area contributed by atoms with Crippen LogP contribution in [0.15, 0.2) is 72.9 Å². The van der Waals surface area contributed by atoms with Gasteiger partial charge >= 0.3 is 12.1 Å². The number of nitrogens with zero attached hydrogens (tertiary/aromatic N) is 2. The second-order valence-corrected chi connectivity index (χ2v) is 10.6. The van der Waals surface area contributed by atoms with Crippen molar-refractivity contribution >= 4 is 28.7 Å². The quantitative estimate of drug-likeness (QED) is 0.334. The molecule has 204 valence electrons. The van der Waals surface area contributed by atoms with Crippen molar-refractivity contribution in [3.63, 3.8) is 0 Å². The fourth-order valence-corrected chi connectivity index (χ4v) is 6.44. The van der Waals surface area contributed by atoms with Gasteiger partial charge in [0.1, 0.15) is 17.7 Å². The molecule has 0 radical (unpaired) electrons. The highest BCUT2D eigenvalue weighted by Gasteiger charge is 2.47. The summed E-state index contributed by atoms with van der Waals surface area (Å²) in [6, 6.07) is 21.9. The van der Waals surface area contributed by atoms with Crippen LogP contribution in [-0.4, -0.2) is 47.3 Å². The minimum absolute atomic E-state index is 0.111. The van der Waals surface area contributed by atoms with Crippen molar-refractivity contribution in [3.8, 4) is 16.9 Å². The van der Waals surface area contributed by atoms with Crippen LogP contribution in [0.4, 0.5) is 10.6 Å². The molecule has 1 saturated heterocycles. The van der Waals surface area contributed by atoms with E-state index < -0.39 is 5.97 Å². The molecule has 6 rings (SSSR count). The van der Waals surface area contributed by atoms with E-state index in [1.807, 2.05) is 36.4 Å². The topological polar surface area (TPSA) is 115 Å². The van der Waals surface area contributed by atoms with Gasteiger partial charge in [-0.1, -0.05) is 48.5 Å². The number of benzene rings is 3. The highest BCUT2D eigenvalue weighted by atomic mass is 16.5. The van der Waals surface area contributed by atoms with Gasteiger partial charge in [0.15, 0.2) is 0 Å². The summed E-state index contributed by atoms with van der Waals surface area (Å²) in [6.07, 6.45) is 3.38. The van der Waals surface area contributed by atoms with E-state index in [1.54, 1.807) is 17.2 Å². The van der Waals surface area contributed by atoms with Crippen molar-refractivity contribution in [2.45, 2.75) is 37.2 Å². The minimum Gasteiger partial charge on any atom is -0.485 e. The van der Waals surface area contributed by atoms with Crippen molar-refractivity contribution < 1.29 is 24.2 Å². The van der Waals surface area contributed by atoms with E-state index in [9.17, 15) is 14.7 Å². The Hall–Kier alpha value is -4.59. The molecule has 1 spiro atoms. The molecular weight excluding hydrogens is 506 g/mol. The molecule has 2 heterocycles. The van der Waals surface area contributed by atoms with E-state index in [0.29, 0.717) is 30.2 Å². The first kappa shape index (κ1) is 25.7. The largest absolute Gasteiger partial charge is 0.485 e. The number of carbonyl (C=O) groups is 2. The number of pyridine rings is 1. The number of anilines is 1. The molecule has 0 saturated carbocycles. The van der Waals surface area contributed by atoms with Crippen molar-refractivity contribution in [1.29, 1.82) is 0 Å². The third kappa shape index (κ3) is 4.49. The fraction of sp³-hybridized carbons (Fsp3) is 0.281. The number of carboxylic acid groups (broad SMARTS) is 1. The number of ether oxygens (including phenoxy) is 2. The van der Waals surface area contributed by atoms with Gasteiger partial charge in [-0.15, -0.1) is 0 Å². The zero-order valence-corrected chi connectivity index (χ0v) is 22.3. The Morgan fingerprint density at radius 1 is 1.05 bits per heavy atom. The molecule has 2 aliphatic rings. The summed E-state index contributed by atoms with van der Waals surface area (Å²) >= 11 is 0. The van der Waals surface area contributed by atoms with Crippen LogP contribution in [0, 0.1) is 0 Å². The predicted molar refractivity (Wildman–Crippen MR) is 152 cm³/mol. The number of hydrogen-bond acceptors (Lipinski definition) is 6. The molecule has 8 heteroatoms. The Morgan fingerprint density at radius 3 is 2.62 bits per heavy atom. The van der Waals surface area contributed by atoms with Crippen LogP contribution in [0.1, 0.15) is 42.1 Å². The first-order valence-electron chi connectivity index (χ1n) is 13.5. The van der Waals surface area contributed by atoms with Crippen molar-refractivity contribution in [1.82, 2.24) is 9.88 Å². The molecule has 1 aliphatic carbocycles. The van der Waals surface area contributed by atoms with Gasteiger partial charge in [-0.05, 0) is 65.1 Å². The number of aromatic nitrogens is 1. The molecule has 40 heavy (non-hydrogen) atoms. The normalized spacial score (nSPS) is 17.5. The molecule has 1 atom stereocenters. The molecule has 1 fully saturated rings. The third-order valence-corrected chi connectivity index (χ3v) is 8.43. The number of nitrogen functional groups attached to an aromatic ring is 1. The molecule has 0 bridgehead atoms. The van der Waals surface area contributed by atoms with Gasteiger partial charge in [-0.3, -0.25) is 4.79 Å². The van der Waals surface area contributed by atoms with Crippen molar-refractivity contribution in [2.24, 2.45) is 0 Å². The zero-order valence-electron chi connectivity index (χ0n) is 22.3. The predicted octanol–water partition coefficient (Wildman–Crippen LogP) is 5.73. The van der Waals surface area contributed by atoms with Crippen LogP contribution in [-0.2, 0) is 21.4 Å². The van der Waals surface area contributed by atoms with E-state index in [4.69, 9.17) is 15.2 Å². The Morgan fingerprint density at radius 2 is 1.85 bits per heavy atom. The summed E-state index contributed by atoms with van der Waals surface area (Å²) in [6.45, 7) is 1.21. The van der Waals surface area contributed by atoms with Gasteiger partial charge < -0.3 is 25.2 Å². The monoisotopic (exact) mass is 537 g/mol.